The molecule has 1 aliphatic rings. The third-order valence-corrected chi connectivity index (χ3v) is 6.34. The highest BCUT2D eigenvalue weighted by Gasteiger charge is 2.29. The van der Waals surface area contributed by atoms with Crippen molar-refractivity contribution in [2.24, 2.45) is 5.92 Å². The number of hydrogen-bond donors (Lipinski definition) is 4. The highest BCUT2D eigenvalue weighted by atomic mass is 16.5. The van der Waals surface area contributed by atoms with Crippen LogP contribution in [-0.2, 0) is 14.3 Å². The Balaban J connectivity index is 1.41. The summed E-state index contributed by atoms with van der Waals surface area (Å²) in [5.74, 6) is -1.48. The summed E-state index contributed by atoms with van der Waals surface area (Å²) in [6.45, 7) is 2.03. The van der Waals surface area contributed by atoms with Crippen molar-refractivity contribution in [1.82, 2.24) is 10.6 Å². The number of carbonyl (C=O) groups is 3. The van der Waals surface area contributed by atoms with Crippen LogP contribution < -0.4 is 10.6 Å². The Kier molecular flexibility index (Phi) is 9.04. The molecule has 0 aliphatic heterocycles. The molecule has 0 bridgehead atoms. The van der Waals surface area contributed by atoms with Crippen LogP contribution in [0.3, 0.4) is 0 Å². The Bertz CT molecular complexity index is 963. The van der Waals surface area contributed by atoms with E-state index in [0.717, 1.165) is 17.5 Å². The van der Waals surface area contributed by atoms with Gasteiger partial charge in [-0.2, -0.15) is 0 Å². The second kappa shape index (κ2) is 12.2. The van der Waals surface area contributed by atoms with Gasteiger partial charge in [-0.1, -0.05) is 61.9 Å². The molecule has 3 rings (SSSR count). The Morgan fingerprint density at radius 3 is 2.18 bits per heavy atom. The maximum absolute atomic E-state index is 12.3. The van der Waals surface area contributed by atoms with E-state index in [-0.39, 0.29) is 24.9 Å². The van der Waals surface area contributed by atoms with E-state index in [0.29, 0.717) is 19.4 Å². The van der Waals surface area contributed by atoms with Gasteiger partial charge in [-0.3, -0.25) is 4.79 Å². The van der Waals surface area contributed by atoms with Crippen molar-refractivity contribution < 1.29 is 29.3 Å². The number of benzene rings is 2. The number of carbonyl (C=O) groups excluding carboxylic acids is 2. The number of carboxylic acids is 1. The van der Waals surface area contributed by atoms with E-state index in [1.165, 1.54) is 11.1 Å². The number of amides is 2. The van der Waals surface area contributed by atoms with Crippen molar-refractivity contribution in [1.29, 1.82) is 0 Å². The number of ether oxygens (including phenoxy) is 1. The molecular weight excluding hydrogens is 436 g/mol. The van der Waals surface area contributed by atoms with Gasteiger partial charge in [0.15, 0.2) is 0 Å². The maximum Gasteiger partial charge on any atom is 0.407 e. The standard InChI is InChI=1S/C26H32N2O6/c1-2-17(11-12-24(30)28-23(15-29)25(31)32)13-14-27-26(33)34-16-22-20-9-5-3-7-18(20)19-8-4-6-10-21(19)22/h3-10,17,22-23,29H,2,11-16H2,1H3,(H,27,33)(H,28,30)(H,31,32)/t17?,23-/m0/s1. The predicted molar refractivity (Wildman–Crippen MR) is 127 cm³/mol. The minimum absolute atomic E-state index is 0.00796. The Morgan fingerprint density at radius 2 is 1.62 bits per heavy atom. The number of hydrogen-bond acceptors (Lipinski definition) is 5. The molecule has 0 saturated heterocycles. The topological polar surface area (TPSA) is 125 Å². The van der Waals surface area contributed by atoms with Crippen LogP contribution >= 0.6 is 0 Å². The van der Waals surface area contributed by atoms with E-state index < -0.39 is 30.6 Å². The fraction of sp³-hybridized carbons (Fsp3) is 0.423. The summed E-state index contributed by atoms with van der Waals surface area (Å²) in [5.41, 5.74) is 4.67. The average molecular weight is 469 g/mol. The lowest BCUT2D eigenvalue weighted by atomic mass is 9.96. The van der Waals surface area contributed by atoms with Crippen LogP contribution in [0.25, 0.3) is 11.1 Å². The third kappa shape index (κ3) is 6.35. The van der Waals surface area contributed by atoms with E-state index in [4.69, 9.17) is 14.9 Å². The first-order valence-electron chi connectivity index (χ1n) is 11.7. The van der Waals surface area contributed by atoms with Crippen molar-refractivity contribution in [2.45, 2.75) is 44.6 Å². The molecule has 0 heterocycles. The lowest BCUT2D eigenvalue weighted by Crippen LogP contribution is -2.43. The van der Waals surface area contributed by atoms with Gasteiger partial charge in [0.2, 0.25) is 5.91 Å². The number of aliphatic hydroxyl groups is 1. The van der Waals surface area contributed by atoms with Crippen molar-refractivity contribution in [3.63, 3.8) is 0 Å². The van der Waals surface area contributed by atoms with Gasteiger partial charge >= 0.3 is 12.1 Å². The SMILES string of the molecule is CCC(CCNC(=O)OCC1c2ccccc2-c2ccccc21)CCC(=O)N[C@@H](CO)C(=O)O. The minimum Gasteiger partial charge on any atom is -0.480 e. The van der Waals surface area contributed by atoms with Crippen molar-refractivity contribution in [2.75, 3.05) is 19.8 Å². The predicted octanol–water partition coefficient (Wildman–Crippen LogP) is 3.28. The summed E-state index contributed by atoms with van der Waals surface area (Å²) in [7, 11) is 0. The van der Waals surface area contributed by atoms with Crippen LogP contribution in [0, 0.1) is 5.92 Å². The highest BCUT2D eigenvalue weighted by Crippen LogP contribution is 2.44. The molecule has 0 spiro atoms. The second-order valence-corrected chi connectivity index (χ2v) is 8.49. The number of nitrogens with one attached hydrogen (secondary N) is 2. The van der Waals surface area contributed by atoms with Gasteiger partial charge in [0.25, 0.3) is 0 Å². The largest absolute Gasteiger partial charge is 0.480 e. The van der Waals surface area contributed by atoms with Crippen LogP contribution in [0.15, 0.2) is 48.5 Å². The summed E-state index contributed by atoms with van der Waals surface area (Å²) in [6, 6.07) is 15.0. The monoisotopic (exact) mass is 468 g/mol. The third-order valence-electron chi connectivity index (χ3n) is 6.34. The molecule has 2 aromatic rings. The molecule has 182 valence electrons. The van der Waals surface area contributed by atoms with Crippen LogP contribution in [0.1, 0.15) is 49.7 Å². The molecule has 0 aromatic heterocycles. The Morgan fingerprint density at radius 1 is 1.00 bits per heavy atom. The number of aliphatic carboxylic acids is 1. The maximum atomic E-state index is 12.3. The van der Waals surface area contributed by atoms with Crippen LogP contribution in [-0.4, -0.2) is 54.0 Å². The zero-order valence-corrected chi connectivity index (χ0v) is 19.3. The molecule has 8 heteroatoms. The summed E-state index contributed by atoms with van der Waals surface area (Å²) < 4.78 is 5.54. The van der Waals surface area contributed by atoms with Gasteiger partial charge < -0.3 is 25.6 Å². The molecule has 0 saturated carbocycles. The molecular formula is C26H32N2O6. The summed E-state index contributed by atoms with van der Waals surface area (Å²) >= 11 is 0. The van der Waals surface area contributed by atoms with E-state index in [9.17, 15) is 14.4 Å². The second-order valence-electron chi connectivity index (χ2n) is 8.49. The van der Waals surface area contributed by atoms with Crippen LogP contribution in [0.4, 0.5) is 4.79 Å². The van der Waals surface area contributed by atoms with Crippen LogP contribution in [0.2, 0.25) is 0 Å². The molecule has 1 unspecified atom stereocenters. The Hall–Kier alpha value is -3.39. The molecule has 1 aliphatic carbocycles. The van der Waals surface area contributed by atoms with E-state index in [2.05, 4.69) is 34.9 Å². The van der Waals surface area contributed by atoms with Crippen molar-refractivity contribution in [3.05, 3.63) is 59.7 Å². The first-order chi connectivity index (χ1) is 16.4. The van der Waals surface area contributed by atoms with Crippen molar-refractivity contribution >= 4 is 18.0 Å². The normalized spacial score (nSPS) is 13.9. The van der Waals surface area contributed by atoms with E-state index >= 15 is 0 Å². The summed E-state index contributed by atoms with van der Waals surface area (Å²) in [4.78, 5) is 35.1. The van der Waals surface area contributed by atoms with Crippen LogP contribution in [0.5, 0.6) is 0 Å². The fourth-order valence-corrected chi connectivity index (χ4v) is 4.37. The van der Waals surface area contributed by atoms with Gasteiger partial charge in [-0.25, -0.2) is 9.59 Å². The Labute approximate surface area is 199 Å². The molecule has 2 amide bonds. The van der Waals surface area contributed by atoms with Gasteiger partial charge in [-0.05, 0) is 41.0 Å². The van der Waals surface area contributed by atoms with Crippen molar-refractivity contribution in [3.8, 4) is 11.1 Å². The molecule has 8 nitrogen and oxygen atoms in total. The molecule has 4 N–H and O–H groups in total. The summed E-state index contributed by atoms with van der Waals surface area (Å²) in [5, 5.41) is 23.0. The molecule has 2 aromatic carbocycles. The van der Waals surface area contributed by atoms with E-state index in [1.807, 2.05) is 31.2 Å². The lowest BCUT2D eigenvalue weighted by molar-refractivity contribution is -0.143. The first-order valence-corrected chi connectivity index (χ1v) is 11.7. The number of aliphatic hydroxyl groups excluding tert-OH is 1. The zero-order valence-electron chi connectivity index (χ0n) is 19.3. The average Bonchev–Trinajstić information content (AvgIpc) is 3.16. The van der Waals surface area contributed by atoms with Gasteiger partial charge in [0.05, 0.1) is 6.61 Å². The number of alkyl carbamates (subject to hydrolysis) is 1. The van der Waals surface area contributed by atoms with Gasteiger partial charge in [0.1, 0.15) is 12.6 Å². The number of fused-ring (bicyclic) bond motifs is 3. The molecule has 0 radical (unpaired) electrons. The smallest absolute Gasteiger partial charge is 0.407 e. The quantitative estimate of drug-likeness (QED) is 0.379. The summed E-state index contributed by atoms with van der Waals surface area (Å²) in [6.07, 6.45) is 1.75. The molecule has 0 fully saturated rings. The van der Waals surface area contributed by atoms with Gasteiger partial charge in [-0.15, -0.1) is 0 Å². The fourth-order valence-electron chi connectivity index (χ4n) is 4.37. The first kappa shape index (κ1) is 25.2. The zero-order chi connectivity index (χ0) is 24.5. The van der Waals surface area contributed by atoms with E-state index in [1.54, 1.807) is 0 Å². The highest BCUT2D eigenvalue weighted by molar-refractivity contribution is 5.83. The lowest BCUT2D eigenvalue weighted by Gasteiger charge is -2.17. The minimum atomic E-state index is -1.29. The number of carboxylic acid groups (broad SMARTS) is 1. The molecule has 34 heavy (non-hydrogen) atoms. The number of rotatable bonds is 12. The van der Waals surface area contributed by atoms with Gasteiger partial charge in [0, 0.05) is 18.9 Å². The molecule has 2 atom stereocenters.